The first-order valence-electron chi connectivity index (χ1n) is 7.02. The SMILES string of the molecule is O=C(O)/C=C/c1cccn1CC(=O)NCCc1ccccc1. The molecule has 5 nitrogen and oxygen atoms in total. The van der Waals surface area contributed by atoms with Gasteiger partial charge in [-0.15, -0.1) is 0 Å². The monoisotopic (exact) mass is 298 g/mol. The molecule has 0 radical (unpaired) electrons. The summed E-state index contributed by atoms with van der Waals surface area (Å²) in [5, 5.41) is 11.5. The van der Waals surface area contributed by atoms with Crippen molar-refractivity contribution in [1.29, 1.82) is 0 Å². The lowest BCUT2D eigenvalue weighted by atomic mass is 10.1. The molecular weight excluding hydrogens is 280 g/mol. The summed E-state index contributed by atoms with van der Waals surface area (Å²) in [6.07, 6.45) is 5.06. The highest BCUT2D eigenvalue weighted by Crippen LogP contribution is 2.05. The minimum absolute atomic E-state index is 0.0999. The highest BCUT2D eigenvalue weighted by atomic mass is 16.4. The first kappa shape index (κ1) is 15.6. The van der Waals surface area contributed by atoms with Gasteiger partial charge in [-0.1, -0.05) is 30.3 Å². The molecule has 0 spiro atoms. The normalized spacial score (nSPS) is 10.7. The van der Waals surface area contributed by atoms with Gasteiger partial charge in [0.2, 0.25) is 5.91 Å². The number of carboxylic acid groups (broad SMARTS) is 1. The Morgan fingerprint density at radius 3 is 2.64 bits per heavy atom. The van der Waals surface area contributed by atoms with Crippen LogP contribution in [-0.2, 0) is 22.6 Å². The number of rotatable bonds is 7. The Morgan fingerprint density at radius 1 is 1.14 bits per heavy atom. The van der Waals surface area contributed by atoms with E-state index in [0.29, 0.717) is 12.2 Å². The van der Waals surface area contributed by atoms with Crippen LogP contribution >= 0.6 is 0 Å². The van der Waals surface area contributed by atoms with E-state index < -0.39 is 5.97 Å². The molecule has 0 aliphatic carbocycles. The highest BCUT2D eigenvalue weighted by molar-refractivity contribution is 5.85. The molecule has 0 aliphatic heterocycles. The van der Waals surface area contributed by atoms with E-state index >= 15 is 0 Å². The summed E-state index contributed by atoms with van der Waals surface area (Å²) in [5.41, 5.74) is 1.86. The lowest BCUT2D eigenvalue weighted by Gasteiger charge is -2.08. The van der Waals surface area contributed by atoms with Crippen molar-refractivity contribution in [2.45, 2.75) is 13.0 Å². The average Bonchev–Trinajstić information content (AvgIpc) is 2.93. The molecule has 1 heterocycles. The van der Waals surface area contributed by atoms with Gasteiger partial charge in [0, 0.05) is 24.5 Å². The van der Waals surface area contributed by atoms with Crippen molar-refractivity contribution in [3.8, 4) is 0 Å². The Bertz CT molecular complexity index is 660. The molecule has 114 valence electrons. The maximum atomic E-state index is 11.9. The summed E-state index contributed by atoms with van der Waals surface area (Å²) in [6.45, 7) is 0.742. The van der Waals surface area contributed by atoms with E-state index in [2.05, 4.69) is 5.32 Å². The predicted octanol–water partition coefficient (Wildman–Crippen LogP) is 1.94. The molecule has 0 saturated heterocycles. The van der Waals surface area contributed by atoms with Crippen LogP contribution in [0.3, 0.4) is 0 Å². The third kappa shape index (κ3) is 4.94. The van der Waals surface area contributed by atoms with Crippen molar-refractivity contribution >= 4 is 18.0 Å². The molecule has 0 bridgehead atoms. The number of nitrogens with zero attached hydrogens (tertiary/aromatic N) is 1. The summed E-state index contributed by atoms with van der Waals surface area (Å²) >= 11 is 0. The number of amides is 1. The van der Waals surface area contributed by atoms with Gasteiger partial charge in [-0.3, -0.25) is 4.79 Å². The summed E-state index contributed by atoms with van der Waals surface area (Å²) in [4.78, 5) is 22.4. The van der Waals surface area contributed by atoms with Crippen molar-refractivity contribution in [1.82, 2.24) is 9.88 Å². The standard InChI is InChI=1S/C17H18N2O3/c20-16(18-11-10-14-5-2-1-3-6-14)13-19-12-4-7-15(19)8-9-17(21)22/h1-9,12H,10-11,13H2,(H,18,20)(H,21,22)/b9-8+. The van der Waals surface area contributed by atoms with Gasteiger partial charge in [-0.05, 0) is 30.2 Å². The van der Waals surface area contributed by atoms with Crippen LogP contribution in [0.5, 0.6) is 0 Å². The van der Waals surface area contributed by atoms with Crippen LogP contribution in [0.4, 0.5) is 0 Å². The molecule has 2 N–H and O–H groups in total. The fourth-order valence-corrected chi connectivity index (χ4v) is 2.08. The summed E-state index contributed by atoms with van der Waals surface area (Å²) in [6, 6.07) is 13.5. The smallest absolute Gasteiger partial charge is 0.328 e. The van der Waals surface area contributed by atoms with E-state index in [-0.39, 0.29) is 12.5 Å². The molecule has 1 amide bonds. The fourth-order valence-electron chi connectivity index (χ4n) is 2.08. The number of carbonyl (C=O) groups is 2. The zero-order chi connectivity index (χ0) is 15.8. The van der Waals surface area contributed by atoms with Gasteiger partial charge >= 0.3 is 5.97 Å². The van der Waals surface area contributed by atoms with Gasteiger partial charge < -0.3 is 15.0 Å². The maximum Gasteiger partial charge on any atom is 0.328 e. The van der Waals surface area contributed by atoms with Crippen LogP contribution in [0.1, 0.15) is 11.3 Å². The molecule has 1 aromatic carbocycles. The Hall–Kier alpha value is -2.82. The number of carbonyl (C=O) groups excluding carboxylic acids is 1. The molecule has 0 fully saturated rings. The van der Waals surface area contributed by atoms with Gasteiger partial charge in [-0.2, -0.15) is 0 Å². The van der Waals surface area contributed by atoms with Crippen LogP contribution in [0.25, 0.3) is 6.08 Å². The first-order valence-corrected chi connectivity index (χ1v) is 7.02. The van der Waals surface area contributed by atoms with Crippen molar-refractivity contribution < 1.29 is 14.7 Å². The van der Waals surface area contributed by atoms with E-state index in [0.717, 1.165) is 12.5 Å². The molecule has 2 rings (SSSR count). The topological polar surface area (TPSA) is 71.3 Å². The van der Waals surface area contributed by atoms with Crippen molar-refractivity contribution in [2.24, 2.45) is 0 Å². The molecule has 5 heteroatoms. The van der Waals surface area contributed by atoms with Gasteiger partial charge in [0.1, 0.15) is 6.54 Å². The third-order valence-electron chi connectivity index (χ3n) is 3.15. The lowest BCUT2D eigenvalue weighted by molar-refractivity contribution is -0.131. The second-order valence-corrected chi connectivity index (χ2v) is 4.82. The van der Waals surface area contributed by atoms with Crippen LogP contribution in [0, 0.1) is 0 Å². The van der Waals surface area contributed by atoms with Gasteiger partial charge in [0.25, 0.3) is 0 Å². The van der Waals surface area contributed by atoms with Crippen LogP contribution in [0.15, 0.2) is 54.7 Å². The summed E-state index contributed by atoms with van der Waals surface area (Å²) in [7, 11) is 0. The number of hydrogen-bond donors (Lipinski definition) is 2. The predicted molar refractivity (Wildman–Crippen MR) is 84.3 cm³/mol. The number of carboxylic acids is 1. The van der Waals surface area contributed by atoms with Crippen LogP contribution in [0.2, 0.25) is 0 Å². The van der Waals surface area contributed by atoms with Gasteiger partial charge in [0.05, 0.1) is 0 Å². The second kappa shape index (κ2) is 7.83. The summed E-state index contributed by atoms with van der Waals surface area (Å²) < 4.78 is 1.71. The molecule has 1 aromatic heterocycles. The van der Waals surface area contributed by atoms with E-state index in [4.69, 9.17) is 5.11 Å². The number of hydrogen-bond acceptors (Lipinski definition) is 2. The van der Waals surface area contributed by atoms with E-state index in [1.54, 1.807) is 22.9 Å². The van der Waals surface area contributed by atoms with Crippen LogP contribution in [-0.4, -0.2) is 28.1 Å². The molecule has 0 saturated carbocycles. The van der Waals surface area contributed by atoms with Crippen molar-refractivity contribution in [2.75, 3.05) is 6.54 Å². The Balaban J connectivity index is 1.82. The number of aromatic nitrogens is 1. The highest BCUT2D eigenvalue weighted by Gasteiger charge is 2.05. The van der Waals surface area contributed by atoms with Crippen LogP contribution < -0.4 is 5.32 Å². The number of nitrogens with one attached hydrogen (secondary N) is 1. The number of benzene rings is 1. The molecule has 0 atom stereocenters. The zero-order valence-corrected chi connectivity index (χ0v) is 12.1. The molecule has 22 heavy (non-hydrogen) atoms. The average molecular weight is 298 g/mol. The lowest BCUT2D eigenvalue weighted by Crippen LogP contribution is -2.29. The van der Waals surface area contributed by atoms with Crippen molar-refractivity contribution in [3.05, 3.63) is 66.0 Å². The Kier molecular flexibility index (Phi) is 5.54. The molecule has 0 unspecified atom stereocenters. The van der Waals surface area contributed by atoms with Gasteiger partial charge in [-0.25, -0.2) is 4.79 Å². The molecular formula is C17H18N2O3. The third-order valence-corrected chi connectivity index (χ3v) is 3.15. The quantitative estimate of drug-likeness (QED) is 0.767. The Morgan fingerprint density at radius 2 is 1.91 bits per heavy atom. The minimum Gasteiger partial charge on any atom is -0.478 e. The maximum absolute atomic E-state index is 11.9. The van der Waals surface area contributed by atoms with E-state index in [1.807, 2.05) is 30.3 Å². The summed E-state index contributed by atoms with van der Waals surface area (Å²) in [5.74, 6) is -1.11. The molecule has 2 aromatic rings. The van der Waals surface area contributed by atoms with Crippen molar-refractivity contribution in [3.63, 3.8) is 0 Å². The molecule has 0 aliphatic rings. The Labute approximate surface area is 128 Å². The minimum atomic E-state index is -1.01. The first-order chi connectivity index (χ1) is 10.6. The number of aliphatic carboxylic acids is 1. The fraction of sp³-hybridized carbons (Fsp3) is 0.176. The zero-order valence-electron chi connectivity index (χ0n) is 12.1. The largest absolute Gasteiger partial charge is 0.478 e. The van der Waals surface area contributed by atoms with E-state index in [9.17, 15) is 9.59 Å². The van der Waals surface area contributed by atoms with E-state index in [1.165, 1.54) is 11.6 Å². The second-order valence-electron chi connectivity index (χ2n) is 4.82. The van der Waals surface area contributed by atoms with Gasteiger partial charge in [0.15, 0.2) is 0 Å².